The van der Waals surface area contributed by atoms with Gasteiger partial charge in [0.15, 0.2) is 5.11 Å². The second-order valence-corrected chi connectivity index (χ2v) is 4.13. The summed E-state index contributed by atoms with van der Waals surface area (Å²) in [6.45, 7) is 3.08. The van der Waals surface area contributed by atoms with Crippen LogP contribution in [0.3, 0.4) is 0 Å². The summed E-state index contributed by atoms with van der Waals surface area (Å²) in [6.07, 6.45) is 0. The molecule has 0 heterocycles. The minimum atomic E-state index is -0.255. The van der Waals surface area contributed by atoms with Gasteiger partial charge in [0, 0.05) is 26.6 Å². The summed E-state index contributed by atoms with van der Waals surface area (Å²) >= 11 is 5.05. The molecule has 0 unspecified atom stereocenters. The third-order valence-corrected chi connectivity index (χ3v) is 2.44. The van der Waals surface area contributed by atoms with E-state index in [0.717, 1.165) is 5.56 Å². The molecule has 0 fully saturated rings. The number of hydrogen-bond acceptors (Lipinski definition) is 2. The molecule has 18 heavy (non-hydrogen) atoms. The molecule has 4 nitrogen and oxygen atoms in total. The first-order chi connectivity index (χ1) is 8.58. The molecule has 1 rings (SSSR count). The van der Waals surface area contributed by atoms with E-state index in [0.29, 0.717) is 24.7 Å². The molecular formula is C12H16FN3OS. The first-order valence-electron chi connectivity index (χ1n) is 5.58. The molecule has 0 bridgehead atoms. The number of carbonyl (C=O) groups excluding carboxylic acids is 1. The molecule has 0 saturated carbocycles. The molecule has 0 atom stereocenters. The minimum absolute atomic E-state index is 0.0676. The van der Waals surface area contributed by atoms with Gasteiger partial charge in [0.25, 0.3) is 0 Å². The lowest BCUT2D eigenvalue weighted by atomic mass is 10.2. The van der Waals surface area contributed by atoms with Crippen molar-refractivity contribution in [3.05, 3.63) is 35.6 Å². The van der Waals surface area contributed by atoms with E-state index in [1.807, 2.05) is 0 Å². The second kappa shape index (κ2) is 7.60. The van der Waals surface area contributed by atoms with Gasteiger partial charge in [0.05, 0.1) is 0 Å². The highest BCUT2D eigenvalue weighted by Gasteiger charge is 1.97. The topological polar surface area (TPSA) is 53.2 Å². The summed E-state index contributed by atoms with van der Waals surface area (Å²) in [6, 6.07) is 6.21. The molecule has 0 aliphatic carbocycles. The van der Waals surface area contributed by atoms with E-state index in [9.17, 15) is 9.18 Å². The Bertz CT molecular complexity index is 408. The standard InChI is InChI=1S/C12H16FN3OS/c1-9(17)14-6-7-15-12(18)16-8-10-2-4-11(13)5-3-10/h2-5H,6-8H2,1H3,(H,14,17)(H2,15,16,18). The third kappa shape index (κ3) is 6.15. The van der Waals surface area contributed by atoms with Crippen LogP contribution < -0.4 is 16.0 Å². The lowest BCUT2D eigenvalue weighted by Crippen LogP contribution is -2.39. The number of nitrogens with one attached hydrogen (secondary N) is 3. The van der Waals surface area contributed by atoms with Gasteiger partial charge < -0.3 is 16.0 Å². The first kappa shape index (κ1) is 14.4. The van der Waals surface area contributed by atoms with Crippen molar-refractivity contribution in [2.24, 2.45) is 0 Å². The van der Waals surface area contributed by atoms with Crippen LogP contribution in [0.5, 0.6) is 0 Å². The number of benzene rings is 1. The zero-order chi connectivity index (χ0) is 13.4. The van der Waals surface area contributed by atoms with Crippen molar-refractivity contribution in [2.75, 3.05) is 13.1 Å². The fraction of sp³-hybridized carbons (Fsp3) is 0.333. The van der Waals surface area contributed by atoms with Crippen molar-refractivity contribution in [3.63, 3.8) is 0 Å². The number of thiocarbonyl (C=S) groups is 1. The van der Waals surface area contributed by atoms with Gasteiger partial charge >= 0.3 is 0 Å². The van der Waals surface area contributed by atoms with Crippen LogP contribution >= 0.6 is 12.2 Å². The lowest BCUT2D eigenvalue weighted by molar-refractivity contribution is -0.118. The van der Waals surface area contributed by atoms with Gasteiger partial charge in [-0.2, -0.15) is 0 Å². The molecule has 0 radical (unpaired) electrons. The smallest absolute Gasteiger partial charge is 0.216 e. The number of rotatable bonds is 5. The summed E-state index contributed by atoms with van der Waals surface area (Å²) in [4.78, 5) is 10.6. The molecule has 3 N–H and O–H groups in total. The van der Waals surface area contributed by atoms with Crippen molar-refractivity contribution in [3.8, 4) is 0 Å². The van der Waals surface area contributed by atoms with Gasteiger partial charge in [0.2, 0.25) is 5.91 Å². The summed E-state index contributed by atoms with van der Waals surface area (Å²) < 4.78 is 12.7. The maximum Gasteiger partial charge on any atom is 0.216 e. The van der Waals surface area contributed by atoms with Gasteiger partial charge in [-0.05, 0) is 29.9 Å². The lowest BCUT2D eigenvalue weighted by Gasteiger charge is -2.10. The van der Waals surface area contributed by atoms with E-state index in [1.54, 1.807) is 12.1 Å². The quantitative estimate of drug-likeness (QED) is 0.550. The fourth-order valence-electron chi connectivity index (χ4n) is 1.26. The largest absolute Gasteiger partial charge is 0.361 e. The Labute approximate surface area is 111 Å². The molecule has 1 aromatic carbocycles. The molecule has 1 aromatic rings. The summed E-state index contributed by atoms with van der Waals surface area (Å²) in [5, 5.41) is 9.10. The zero-order valence-corrected chi connectivity index (χ0v) is 10.9. The Balaban J connectivity index is 2.17. The Morgan fingerprint density at radius 1 is 1.17 bits per heavy atom. The van der Waals surface area contributed by atoms with Crippen LogP contribution in [-0.4, -0.2) is 24.1 Å². The van der Waals surface area contributed by atoms with Gasteiger partial charge in [-0.15, -0.1) is 0 Å². The van der Waals surface area contributed by atoms with Crippen molar-refractivity contribution in [1.82, 2.24) is 16.0 Å². The third-order valence-electron chi connectivity index (χ3n) is 2.15. The number of halogens is 1. The van der Waals surface area contributed by atoms with Crippen LogP contribution in [-0.2, 0) is 11.3 Å². The monoisotopic (exact) mass is 269 g/mol. The van der Waals surface area contributed by atoms with Crippen LogP contribution in [0, 0.1) is 5.82 Å². The molecular weight excluding hydrogens is 253 g/mol. The number of carbonyl (C=O) groups is 1. The van der Waals surface area contributed by atoms with Gasteiger partial charge in [-0.3, -0.25) is 4.79 Å². The molecule has 1 amide bonds. The minimum Gasteiger partial charge on any atom is -0.361 e. The van der Waals surface area contributed by atoms with Gasteiger partial charge in [-0.1, -0.05) is 12.1 Å². The maximum atomic E-state index is 12.7. The highest BCUT2D eigenvalue weighted by Crippen LogP contribution is 2.01. The Morgan fingerprint density at radius 2 is 1.78 bits per heavy atom. The molecule has 6 heteroatoms. The molecule has 0 aliphatic heterocycles. The fourth-order valence-corrected chi connectivity index (χ4v) is 1.44. The van der Waals surface area contributed by atoms with Crippen LogP contribution in [0.15, 0.2) is 24.3 Å². The normalized spacial score (nSPS) is 9.67. The Kier molecular flexibility index (Phi) is 6.07. The predicted molar refractivity (Wildman–Crippen MR) is 72.5 cm³/mol. The van der Waals surface area contributed by atoms with Crippen LogP contribution in [0.25, 0.3) is 0 Å². The summed E-state index contributed by atoms with van der Waals surface area (Å²) in [5.41, 5.74) is 0.947. The number of hydrogen-bond donors (Lipinski definition) is 3. The highest BCUT2D eigenvalue weighted by atomic mass is 32.1. The van der Waals surface area contributed by atoms with E-state index in [2.05, 4.69) is 16.0 Å². The summed E-state index contributed by atoms with van der Waals surface area (Å²) in [5.74, 6) is -0.322. The predicted octanol–water partition coefficient (Wildman–Crippen LogP) is 0.926. The molecule has 0 aromatic heterocycles. The van der Waals surface area contributed by atoms with E-state index in [-0.39, 0.29) is 11.7 Å². The van der Waals surface area contributed by atoms with Crippen molar-refractivity contribution >= 4 is 23.2 Å². The first-order valence-corrected chi connectivity index (χ1v) is 5.99. The summed E-state index contributed by atoms with van der Waals surface area (Å²) in [7, 11) is 0. The average molecular weight is 269 g/mol. The number of amides is 1. The van der Waals surface area contributed by atoms with E-state index in [1.165, 1.54) is 19.1 Å². The molecule has 0 spiro atoms. The van der Waals surface area contributed by atoms with Crippen molar-refractivity contribution in [2.45, 2.75) is 13.5 Å². The van der Waals surface area contributed by atoms with Crippen molar-refractivity contribution in [1.29, 1.82) is 0 Å². The van der Waals surface area contributed by atoms with E-state index >= 15 is 0 Å². The SMILES string of the molecule is CC(=O)NCCNC(=S)NCc1ccc(F)cc1. The van der Waals surface area contributed by atoms with E-state index < -0.39 is 0 Å². The van der Waals surface area contributed by atoms with Crippen LogP contribution in [0.2, 0.25) is 0 Å². The van der Waals surface area contributed by atoms with Gasteiger partial charge in [0.1, 0.15) is 5.82 Å². The van der Waals surface area contributed by atoms with E-state index in [4.69, 9.17) is 12.2 Å². The van der Waals surface area contributed by atoms with Crippen LogP contribution in [0.1, 0.15) is 12.5 Å². The Morgan fingerprint density at radius 3 is 2.39 bits per heavy atom. The molecule has 98 valence electrons. The highest BCUT2D eigenvalue weighted by molar-refractivity contribution is 7.80. The maximum absolute atomic E-state index is 12.7. The van der Waals surface area contributed by atoms with Crippen LogP contribution in [0.4, 0.5) is 4.39 Å². The molecule has 0 saturated heterocycles. The van der Waals surface area contributed by atoms with Crippen molar-refractivity contribution < 1.29 is 9.18 Å². The molecule has 0 aliphatic rings. The average Bonchev–Trinajstić information content (AvgIpc) is 2.34. The van der Waals surface area contributed by atoms with Gasteiger partial charge in [-0.25, -0.2) is 4.39 Å². The second-order valence-electron chi connectivity index (χ2n) is 3.72. The Hall–Kier alpha value is -1.69. The zero-order valence-electron chi connectivity index (χ0n) is 10.1.